The Balaban J connectivity index is 1.30. The average molecular weight is 406 g/mol. The Morgan fingerprint density at radius 3 is 2.53 bits per heavy atom. The number of anilines is 1. The van der Waals surface area contributed by atoms with E-state index in [1.54, 1.807) is 6.20 Å². The van der Waals surface area contributed by atoms with Gasteiger partial charge in [-0.3, -0.25) is 19.8 Å². The minimum absolute atomic E-state index is 0.00439. The van der Waals surface area contributed by atoms with E-state index in [4.69, 9.17) is 0 Å². The molecule has 1 fully saturated rings. The molecule has 30 heavy (non-hydrogen) atoms. The molecule has 8 nitrogen and oxygen atoms in total. The summed E-state index contributed by atoms with van der Waals surface area (Å²) in [5, 5.41) is 17.0. The van der Waals surface area contributed by atoms with Crippen LogP contribution in [0.15, 0.2) is 36.5 Å². The number of nitrogens with one attached hydrogen (secondary N) is 3. The standard InChI is InChI=1S/C22H26N6O2/c1-14-20(17-6-4-3-5-7-17)26-27-21(14)24-19(29)12-16-8-10-28(11-9-16)22(30)18-13-23-25-15(18)2/h3-7,13,16H,8-12H2,1-2H3,(H,23,25)(H2,24,26,27,29). The number of aromatic amines is 2. The Labute approximate surface area is 175 Å². The van der Waals surface area contributed by atoms with Gasteiger partial charge in [0.15, 0.2) is 5.82 Å². The second-order valence-electron chi connectivity index (χ2n) is 7.83. The van der Waals surface area contributed by atoms with Gasteiger partial charge in [0.25, 0.3) is 5.91 Å². The fraction of sp³-hybridized carbons (Fsp3) is 0.364. The van der Waals surface area contributed by atoms with E-state index < -0.39 is 0 Å². The van der Waals surface area contributed by atoms with Crippen molar-refractivity contribution in [1.82, 2.24) is 25.3 Å². The molecule has 3 N–H and O–H groups in total. The van der Waals surface area contributed by atoms with E-state index in [0.29, 0.717) is 30.9 Å². The molecule has 2 aromatic heterocycles. The van der Waals surface area contributed by atoms with Crippen molar-refractivity contribution in [3.05, 3.63) is 53.3 Å². The number of rotatable bonds is 5. The second-order valence-corrected chi connectivity index (χ2v) is 7.83. The van der Waals surface area contributed by atoms with Gasteiger partial charge in [0.05, 0.1) is 17.5 Å². The minimum atomic E-state index is -0.0420. The molecule has 0 unspecified atom stereocenters. The molecule has 1 saturated heterocycles. The van der Waals surface area contributed by atoms with Crippen LogP contribution in [-0.4, -0.2) is 50.2 Å². The van der Waals surface area contributed by atoms with Gasteiger partial charge in [-0.1, -0.05) is 30.3 Å². The number of aromatic nitrogens is 4. The Morgan fingerprint density at radius 2 is 1.87 bits per heavy atom. The summed E-state index contributed by atoms with van der Waals surface area (Å²) in [5.74, 6) is 0.790. The van der Waals surface area contributed by atoms with Crippen LogP contribution in [0.5, 0.6) is 0 Å². The van der Waals surface area contributed by atoms with Crippen molar-refractivity contribution in [2.45, 2.75) is 33.1 Å². The smallest absolute Gasteiger partial charge is 0.257 e. The fourth-order valence-corrected chi connectivity index (χ4v) is 3.93. The SMILES string of the molecule is Cc1[nH]ncc1C(=O)N1CCC(CC(=O)Nc2n[nH]c(-c3ccccc3)c2C)CC1. The minimum Gasteiger partial charge on any atom is -0.339 e. The van der Waals surface area contributed by atoms with E-state index in [9.17, 15) is 9.59 Å². The molecular formula is C22H26N6O2. The molecule has 8 heteroatoms. The zero-order valence-corrected chi connectivity index (χ0v) is 17.2. The summed E-state index contributed by atoms with van der Waals surface area (Å²) in [5.41, 5.74) is 4.27. The van der Waals surface area contributed by atoms with Crippen molar-refractivity contribution in [1.29, 1.82) is 0 Å². The summed E-state index contributed by atoms with van der Waals surface area (Å²) < 4.78 is 0. The normalized spacial score (nSPS) is 14.7. The van der Waals surface area contributed by atoms with Gasteiger partial charge in [-0.2, -0.15) is 10.2 Å². The largest absolute Gasteiger partial charge is 0.339 e. The first-order valence-corrected chi connectivity index (χ1v) is 10.2. The van der Waals surface area contributed by atoms with Crippen molar-refractivity contribution >= 4 is 17.6 Å². The highest BCUT2D eigenvalue weighted by molar-refractivity contribution is 5.95. The third kappa shape index (κ3) is 4.12. The number of piperidine rings is 1. The van der Waals surface area contributed by atoms with Gasteiger partial charge in [0.1, 0.15) is 0 Å². The molecule has 1 aliphatic heterocycles. The fourth-order valence-electron chi connectivity index (χ4n) is 3.93. The summed E-state index contributed by atoms with van der Waals surface area (Å²) in [6.07, 6.45) is 3.63. The summed E-state index contributed by atoms with van der Waals surface area (Å²) in [4.78, 5) is 27.0. The van der Waals surface area contributed by atoms with Crippen LogP contribution in [0, 0.1) is 19.8 Å². The van der Waals surface area contributed by atoms with Gasteiger partial charge in [-0.25, -0.2) is 0 Å². The number of nitrogens with zero attached hydrogens (tertiary/aromatic N) is 3. The molecule has 0 bridgehead atoms. The van der Waals surface area contributed by atoms with E-state index in [1.165, 1.54) is 0 Å². The first-order valence-electron chi connectivity index (χ1n) is 10.2. The zero-order chi connectivity index (χ0) is 21.1. The molecule has 2 amide bonds. The van der Waals surface area contributed by atoms with Gasteiger partial charge in [-0.15, -0.1) is 0 Å². The highest BCUT2D eigenvalue weighted by Gasteiger charge is 2.26. The van der Waals surface area contributed by atoms with Crippen molar-refractivity contribution < 1.29 is 9.59 Å². The lowest BCUT2D eigenvalue weighted by Gasteiger charge is -2.31. The van der Waals surface area contributed by atoms with E-state index in [0.717, 1.165) is 35.4 Å². The van der Waals surface area contributed by atoms with E-state index in [1.807, 2.05) is 49.1 Å². The van der Waals surface area contributed by atoms with Crippen LogP contribution in [0.1, 0.15) is 40.9 Å². The number of likely N-dealkylation sites (tertiary alicyclic amines) is 1. The van der Waals surface area contributed by atoms with E-state index in [2.05, 4.69) is 25.7 Å². The lowest BCUT2D eigenvalue weighted by molar-refractivity contribution is -0.117. The van der Waals surface area contributed by atoms with Crippen LogP contribution in [0.2, 0.25) is 0 Å². The topological polar surface area (TPSA) is 107 Å². The number of hydrogen-bond donors (Lipinski definition) is 3. The van der Waals surface area contributed by atoms with Crippen molar-refractivity contribution in [3.63, 3.8) is 0 Å². The Bertz CT molecular complexity index is 1030. The molecule has 4 rings (SSSR count). The molecule has 0 aliphatic carbocycles. The van der Waals surface area contributed by atoms with Gasteiger partial charge < -0.3 is 10.2 Å². The first kappa shape index (κ1) is 19.9. The van der Waals surface area contributed by atoms with Gasteiger partial charge in [-0.05, 0) is 38.2 Å². The molecule has 156 valence electrons. The Hall–Kier alpha value is -3.42. The Morgan fingerprint density at radius 1 is 1.13 bits per heavy atom. The van der Waals surface area contributed by atoms with Crippen LogP contribution >= 0.6 is 0 Å². The van der Waals surface area contributed by atoms with Gasteiger partial charge >= 0.3 is 0 Å². The molecule has 3 aromatic rings. The molecule has 1 aromatic carbocycles. The van der Waals surface area contributed by atoms with Gasteiger partial charge in [0, 0.05) is 30.8 Å². The second kappa shape index (κ2) is 8.52. The third-order valence-corrected chi connectivity index (χ3v) is 5.77. The van der Waals surface area contributed by atoms with Crippen LogP contribution in [0.25, 0.3) is 11.3 Å². The summed E-state index contributed by atoms with van der Waals surface area (Å²) in [6, 6.07) is 9.92. The van der Waals surface area contributed by atoms with Crippen molar-refractivity contribution in [2.75, 3.05) is 18.4 Å². The number of benzene rings is 1. The van der Waals surface area contributed by atoms with Crippen LogP contribution in [-0.2, 0) is 4.79 Å². The van der Waals surface area contributed by atoms with Crippen molar-refractivity contribution in [3.8, 4) is 11.3 Å². The van der Waals surface area contributed by atoms with Crippen LogP contribution in [0.4, 0.5) is 5.82 Å². The number of carbonyl (C=O) groups excluding carboxylic acids is 2. The Kier molecular flexibility index (Phi) is 5.65. The molecule has 3 heterocycles. The average Bonchev–Trinajstić information content (AvgIpc) is 3.34. The number of amides is 2. The maximum atomic E-state index is 12.6. The zero-order valence-electron chi connectivity index (χ0n) is 17.2. The number of aryl methyl sites for hydroxylation is 1. The van der Waals surface area contributed by atoms with Crippen molar-refractivity contribution in [2.24, 2.45) is 5.92 Å². The molecule has 0 atom stereocenters. The molecular weight excluding hydrogens is 380 g/mol. The molecule has 0 radical (unpaired) electrons. The molecule has 0 spiro atoms. The first-order chi connectivity index (χ1) is 14.5. The monoisotopic (exact) mass is 406 g/mol. The molecule has 1 aliphatic rings. The number of carbonyl (C=O) groups is 2. The van der Waals surface area contributed by atoms with Crippen LogP contribution in [0.3, 0.4) is 0 Å². The quantitative estimate of drug-likeness (QED) is 0.604. The molecule has 0 saturated carbocycles. The number of H-pyrrole nitrogens is 2. The summed E-state index contributed by atoms with van der Waals surface area (Å²) >= 11 is 0. The predicted octanol–water partition coefficient (Wildman–Crippen LogP) is 3.30. The summed E-state index contributed by atoms with van der Waals surface area (Å²) in [6.45, 7) is 5.10. The maximum Gasteiger partial charge on any atom is 0.257 e. The summed E-state index contributed by atoms with van der Waals surface area (Å²) in [7, 11) is 0. The lowest BCUT2D eigenvalue weighted by atomic mass is 9.93. The van der Waals surface area contributed by atoms with E-state index in [-0.39, 0.29) is 17.7 Å². The maximum absolute atomic E-state index is 12.6. The van der Waals surface area contributed by atoms with Gasteiger partial charge in [0.2, 0.25) is 5.91 Å². The number of hydrogen-bond acceptors (Lipinski definition) is 4. The highest BCUT2D eigenvalue weighted by Crippen LogP contribution is 2.27. The van der Waals surface area contributed by atoms with Crippen LogP contribution < -0.4 is 5.32 Å². The third-order valence-electron chi connectivity index (χ3n) is 5.77. The highest BCUT2D eigenvalue weighted by atomic mass is 16.2. The predicted molar refractivity (Wildman–Crippen MR) is 114 cm³/mol. The van der Waals surface area contributed by atoms with E-state index >= 15 is 0 Å². The lowest BCUT2D eigenvalue weighted by Crippen LogP contribution is -2.39.